The molecule has 1 saturated heterocycles. The number of allylic oxidation sites excluding steroid dienone is 1. The number of anilines is 1. The summed E-state index contributed by atoms with van der Waals surface area (Å²) in [4.78, 5) is 67.6. The van der Waals surface area contributed by atoms with Crippen LogP contribution in [-0.4, -0.2) is 75.8 Å². The third kappa shape index (κ3) is 7.87. The lowest BCUT2D eigenvalue weighted by atomic mass is 9.98. The molecule has 1 aromatic heterocycles. The van der Waals surface area contributed by atoms with E-state index in [4.69, 9.17) is 25.7 Å². The van der Waals surface area contributed by atoms with Crippen LogP contribution in [0.2, 0.25) is 0 Å². The molecule has 7 N–H and O–H groups in total. The minimum Gasteiger partial charge on any atom is -0.445 e. The fourth-order valence-electron chi connectivity index (χ4n) is 3.51. The smallest absolute Gasteiger partial charge is 0.404 e. The van der Waals surface area contributed by atoms with Gasteiger partial charge in [-0.1, -0.05) is 13.0 Å². The minimum absolute atomic E-state index is 0. The number of thiazole rings is 1. The molecule has 1 aromatic rings. The van der Waals surface area contributed by atoms with Gasteiger partial charge in [-0.15, -0.1) is 35.5 Å². The molecule has 2 unspecified atom stereocenters. The number of hydrogen-bond acceptors (Lipinski definition) is 12. The summed E-state index contributed by atoms with van der Waals surface area (Å²) in [7, 11) is 0. The third-order valence-electron chi connectivity index (χ3n) is 5.36. The van der Waals surface area contributed by atoms with Gasteiger partial charge in [0.2, 0.25) is 6.79 Å². The van der Waals surface area contributed by atoms with Gasteiger partial charge < -0.3 is 36.5 Å². The van der Waals surface area contributed by atoms with Gasteiger partial charge in [0, 0.05) is 16.7 Å². The van der Waals surface area contributed by atoms with E-state index >= 15 is 0 Å². The first-order chi connectivity index (χ1) is 17.8. The van der Waals surface area contributed by atoms with Crippen molar-refractivity contribution in [3.05, 3.63) is 28.4 Å². The van der Waals surface area contributed by atoms with E-state index in [1.54, 1.807) is 32.2 Å². The number of aromatic nitrogens is 1. The third-order valence-corrected chi connectivity index (χ3v) is 7.37. The molecule has 2 aliphatic heterocycles. The van der Waals surface area contributed by atoms with Crippen molar-refractivity contribution in [3.8, 4) is 0 Å². The first-order valence-corrected chi connectivity index (χ1v) is 13.4. The van der Waals surface area contributed by atoms with E-state index in [1.807, 2.05) is 6.92 Å². The van der Waals surface area contributed by atoms with Crippen molar-refractivity contribution in [3.63, 3.8) is 0 Å². The average Bonchev–Trinajstić information content (AvgIpc) is 3.28. The van der Waals surface area contributed by atoms with E-state index in [1.165, 1.54) is 23.1 Å². The van der Waals surface area contributed by atoms with Gasteiger partial charge in [0.25, 0.3) is 11.8 Å². The summed E-state index contributed by atoms with van der Waals surface area (Å²) in [6.45, 7) is 5.74. The number of carbonyl (C=O) groups is 5. The predicted molar refractivity (Wildman–Crippen MR) is 150 cm³/mol. The number of primary amides is 1. The molecule has 17 heteroatoms. The van der Waals surface area contributed by atoms with Crippen molar-refractivity contribution in [2.75, 3.05) is 24.9 Å². The van der Waals surface area contributed by atoms with Crippen molar-refractivity contribution >= 4 is 76.1 Å². The maximum Gasteiger partial charge on any atom is 0.404 e. The van der Waals surface area contributed by atoms with E-state index in [0.717, 1.165) is 4.90 Å². The molecule has 2 aliphatic rings. The van der Waals surface area contributed by atoms with Gasteiger partial charge >= 0.3 is 18.0 Å². The Balaban J connectivity index is 0.00000400. The molecule has 222 valence electrons. The summed E-state index contributed by atoms with van der Waals surface area (Å²) >= 11 is 2.45. The van der Waals surface area contributed by atoms with E-state index in [9.17, 15) is 24.0 Å². The zero-order valence-electron chi connectivity index (χ0n) is 22.2. The second kappa shape index (κ2) is 14.3. The van der Waals surface area contributed by atoms with Gasteiger partial charge in [-0.05, 0) is 27.2 Å². The predicted octanol–water partition coefficient (Wildman–Crippen LogP) is 0.955. The summed E-state index contributed by atoms with van der Waals surface area (Å²) in [5, 5.41) is 4.03. The topological polar surface area (TPSA) is 225 Å². The maximum absolute atomic E-state index is 13.1. The number of amides is 3. The molecular formula is C23H32ClN5O9S2. The van der Waals surface area contributed by atoms with Gasteiger partial charge in [0.15, 0.2) is 5.13 Å². The molecule has 0 aliphatic carbocycles. The lowest BCUT2D eigenvalue weighted by molar-refractivity contribution is -0.173. The molecule has 0 bridgehead atoms. The van der Waals surface area contributed by atoms with E-state index in [2.05, 4.69) is 10.3 Å². The largest absolute Gasteiger partial charge is 0.445 e. The number of rotatable bonds is 9. The number of nitrogen functional groups attached to an aromatic ring is 1. The monoisotopic (exact) mass is 621 g/mol. The van der Waals surface area contributed by atoms with Gasteiger partial charge in [0.1, 0.15) is 23.7 Å². The summed E-state index contributed by atoms with van der Waals surface area (Å²) in [6, 6.07) is -0.941. The van der Waals surface area contributed by atoms with Crippen LogP contribution >= 0.6 is 35.5 Å². The second-order valence-corrected chi connectivity index (χ2v) is 11.2. The molecule has 40 heavy (non-hydrogen) atoms. The zero-order chi connectivity index (χ0) is 28.2. The fraction of sp³-hybridized carbons (Fsp3) is 0.478. The Morgan fingerprint density at radius 2 is 1.90 bits per heavy atom. The summed E-state index contributed by atoms with van der Waals surface area (Å²) in [5.41, 5.74) is 10.7. The molecule has 3 rings (SSSR count). The minimum atomic E-state index is -1.06. The van der Waals surface area contributed by atoms with Crippen LogP contribution in [0.3, 0.4) is 0 Å². The lowest BCUT2D eigenvalue weighted by Crippen LogP contribution is -2.70. The van der Waals surface area contributed by atoms with Crippen LogP contribution in [0, 0.1) is 5.41 Å². The molecule has 14 nitrogen and oxygen atoms in total. The highest BCUT2D eigenvalue weighted by Crippen LogP contribution is 2.41. The van der Waals surface area contributed by atoms with Crippen molar-refractivity contribution < 1.29 is 43.7 Å². The van der Waals surface area contributed by atoms with Crippen LogP contribution in [0.25, 0.3) is 5.57 Å². The van der Waals surface area contributed by atoms with Crippen LogP contribution in [0.15, 0.2) is 22.7 Å². The number of ether oxygens (including phenoxy) is 3. The normalized spacial score (nSPS) is 18.4. The zero-order valence-corrected chi connectivity index (χ0v) is 24.6. The standard InChI is InChI=1S/C23H29N5O8S2.ClH.H2O/c1-5-6-12(13-9-38-21(24)26-13)16(29)27-14-17(30)28-15(11(7-34-22(25)33)8-37-18(14)28)19(31)35-10-36-20(32)23(2,3)4;;/h6,9,14,18H,5,7-8,10H2,1-4H3,(H2,24,26)(H2,25,33)(H,27,29);1H;1H2. The number of halogens is 1. The SMILES string of the molecule is CCC=C(C(=O)NC1C(=O)N2C(C(=O)OCOC(=O)C(C)(C)C)=C(COC(N)=O)CSC12)c1csc(N)n1.Cl.O. The Kier molecular flexibility index (Phi) is 12.4. The number of nitrogens with zero attached hydrogens (tertiary/aromatic N) is 2. The first-order valence-electron chi connectivity index (χ1n) is 11.5. The van der Waals surface area contributed by atoms with Crippen molar-refractivity contribution in [2.45, 2.75) is 45.5 Å². The van der Waals surface area contributed by atoms with Crippen molar-refractivity contribution in [1.29, 1.82) is 0 Å². The van der Waals surface area contributed by atoms with E-state index < -0.39 is 53.5 Å². The van der Waals surface area contributed by atoms with Crippen LogP contribution in [0.1, 0.15) is 39.8 Å². The summed E-state index contributed by atoms with van der Waals surface area (Å²) in [6.07, 6.45) is 1.17. The fourth-order valence-corrected chi connectivity index (χ4v) is 5.40. The molecular weight excluding hydrogens is 590 g/mol. The Bertz CT molecular complexity index is 1210. The lowest BCUT2D eigenvalue weighted by Gasteiger charge is -2.49. The molecule has 3 amide bonds. The van der Waals surface area contributed by atoms with Gasteiger partial charge in [-0.25, -0.2) is 14.6 Å². The highest BCUT2D eigenvalue weighted by molar-refractivity contribution is 8.00. The molecule has 0 aromatic carbocycles. The maximum atomic E-state index is 13.1. The van der Waals surface area contributed by atoms with Crippen LogP contribution < -0.4 is 16.8 Å². The van der Waals surface area contributed by atoms with Crippen LogP contribution in [0.4, 0.5) is 9.93 Å². The number of nitrogens with one attached hydrogen (secondary N) is 1. The van der Waals surface area contributed by atoms with Gasteiger partial charge in [-0.3, -0.25) is 19.3 Å². The molecule has 3 heterocycles. The number of fused-ring (bicyclic) bond motifs is 1. The number of carbonyl (C=O) groups excluding carboxylic acids is 5. The van der Waals surface area contributed by atoms with E-state index in [-0.39, 0.29) is 47.1 Å². The second-order valence-electron chi connectivity index (χ2n) is 9.25. The number of esters is 2. The molecule has 2 atom stereocenters. The highest BCUT2D eigenvalue weighted by atomic mass is 35.5. The Morgan fingerprint density at radius 3 is 2.45 bits per heavy atom. The summed E-state index contributed by atoms with van der Waals surface area (Å²) in [5.74, 6) is -2.45. The van der Waals surface area contributed by atoms with E-state index in [0.29, 0.717) is 17.2 Å². The van der Waals surface area contributed by atoms with Gasteiger partial charge in [0.05, 0.1) is 16.7 Å². The Hall–Kier alpha value is -3.34. The van der Waals surface area contributed by atoms with Crippen molar-refractivity contribution in [1.82, 2.24) is 15.2 Å². The summed E-state index contributed by atoms with van der Waals surface area (Å²) < 4.78 is 14.9. The number of nitrogens with two attached hydrogens (primary N) is 2. The molecule has 0 saturated carbocycles. The van der Waals surface area contributed by atoms with Crippen molar-refractivity contribution in [2.24, 2.45) is 11.1 Å². The molecule has 0 spiro atoms. The van der Waals surface area contributed by atoms with Crippen LogP contribution in [0.5, 0.6) is 0 Å². The Labute approximate surface area is 244 Å². The molecule has 0 radical (unpaired) electrons. The number of β-lactam (4-membered cyclic amide) rings is 1. The quantitative estimate of drug-likeness (QED) is 0.152. The van der Waals surface area contributed by atoms with Crippen LogP contribution in [-0.2, 0) is 33.4 Å². The molecule has 1 fully saturated rings. The van der Waals surface area contributed by atoms with Gasteiger partial charge in [-0.2, -0.15) is 0 Å². The Morgan fingerprint density at radius 1 is 1.23 bits per heavy atom. The highest BCUT2D eigenvalue weighted by Gasteiger charge is 2.54. The number of thioether (sulfide) groups is 1. The number of hydrogen-bond donors (Lipinski definition) is 3. The first kappa shape index (κ1) is 34.7. The average molecular weight is 622 g/mol.